The van der Waals surface area contributed by atoms with E-state index in [4.69, 9.17) is 4.74 Å². The lowest BCUT2D eigenvalue weighted by Crippen LogP contribution is -2.25. The SMILES string of the molecule is CCN1C[C@@H](COC(=O)c2csc(-c3ccccc3)n2)CC1=O. The van der Waals surface area contributed by atoms with E-state index < -0.39 is 5.97 Å². The van der Waals surface area contributed by atoms with Crippen LogP contribution in [0.2, 0.25) is 0 Å². The predicted molar refractivity (Wildman–Crippen MR) is 88.2 cm³/mol. The number of benzene rings is 1. The predicted octanol–water partition coefficient (Wildman–Crippen LogP) is 2.84. The van der Waals surface area contributed by atoms with Gasteiger partial charge in [0.15, 0.2) is 5.69 Å². The molecule has 0 radical (unpaired) electrons. The lowest BCUT2D eigenvalue weighted by atomic mass is 10.1. The molecule has 1 amide bonds. The van der Waals surface area contributed by atoms with Crippen LogP contribution in [0.3, 0.4) is 0 Å². The highest BCUT2D eigenvalue weighted by Crippen LogP contribution is 2.24. The molecule has 1 aromatic carbocycles. The van der Waals surface area contributed by atoms with E-state index in [9.17, 15) is 9.59 Å². The average molecular weight is 330 g/mol. The number of thiazole rings is 1. The van der Waals surface area contributed by atoms with Gasteiger partial charge in [0.05, 0.1) is 6.61 Å². The summed E-state index contributed by atoms with van der Waals surface area (Å²) in [5.41, 5.74) is 1.31. The van der Waals surface area contributed by atoms with Crippen LogP contribution in [-0.4, -0.2) is 41.5 Å². The standard InChI is InChI=1S/C17H18N2O3S/c1-2-19-9-12(8-15(19)20)10-22-17(21)14-11-23-16(18-14)13-6-4-3-5-7-13/h3-7,11-12H,2,8-10H2,1H3/t12-/m0/s1. The minimum absolute atomic E-state index is 0.0821. The first kappa shape index (κ1) is 15.7. The Balaban J connectivity index is 1.57. The molecule has 2 heterocycles. The molecule has 0 unspecified atom stereocenters. The molecule has 0 bridgehead atoms. The second-order valence-electron chi connectivity index (χ2n) is 5.50. The maximum atomic E-state index is 12.1. The molecule has 1 fully saturated rings. The molecule has 0 N–H and O–H groups in total. The maximum Gasteiger partial charge on any atom is 0.357 e. The van der Waals surface area contributed by atoms with Gasteiger partial charge in [-0.25, -0.2) is 9.78 Å². The quantitative estimate of drug-likeness (QED) is 0.791. The highest BCUT2D eigenvalue weighted by atomic mass is 32.1. The molecule has 1 atom stereocenters. The Morgan fingerprint density at radius 3 is 2.87 bits per heavy atom. The van der Waals surface area contributed by atoms with Crippen molar-refractivity contribution in [2.24, 2.45) is 5.92 Å². The third-order valence-electron chi connectivity index (χ3n) is 3.86. The van der Waals surface area contributed by atoms with Crippen molar-refractivity contribution in [3.63, 3.8) is 0 Å². The fourth-order valence-corrected chi connectivity index (χ4v) is 3.41. The molecule has 1 aliphatic heterocycles. The summed E-state index contributed by atoms with van der Waals surface area (Å²) >= 11 is 1.42. The van der Waals surface area contributed by atoms with Gasteiger partial charge in [-0.15, -0.1) is 11.3 Å². The Morgan fingerprint density at radius 2 is 2.17 bits per heavy atom. The van der Waals surface area contributed by atoms with Gasteiger partial charge in [0.25, 0.3) is 0 Å². The molecule has 1 saturated heterocycles. The Hall–Kier alpha value is -2.21. The highest BCUT2D eigenvalue weighted by Gasteiger charge is 2.29. The van der Waals surface area contributed by atoms with Crippen molar-refractivity contribution in [2.45, 2.75) is 13.3 Å². The van der Waals surface area contributed by atoms with Gasteiger partial charge < -0.3 is 9.64 Å². The largest absolute Gasteiger partial charge is 0.461 e. The van der Waals surface area contributed by atoms with E-state index in [0.29, 0.717) is 25.2 Å². The van der Waals surface area contributed by atoms with Crippen LogP contribution in [0.4, 0.5) is 0 Å². The number of likely N-dealkylation sites (tertiary alicyclic amines) is 1. The van der Waals surface area contributed by atoms with Crippen LogP contribution in [0.5, 0.6) is 0 Å². The molecule has 5 nitrogen and oxygen atoms in total. The summed E-state index contributed by atoms with van der Waals surface area (Å²) in [6, 6.07) is 9.72. The summed E-state index contributed by atoms with van der Waals surface area (Å²) in [6.07, 6.45) is 0.452. The van der Waals surface area contributed by atoms with E-state index in [1.165, 1.54) is 11.3 Å². The lowest BCUT2D eigenvalue weighted by Gasteiger charge is -2.13. The molecule has 0 aliphatic carbocycles. The van der Waals surface area contributed by atoms with Crippen molar-refractivity contribution >= 4 is 23.2 Å². The van der Waals surface area contributed by atoms with Gasteiger partial charge in [-0.3, -0.25) is 4.79 Å². The second kappa shape index (κ2) is 6.91. The molecule has 120 valence electrons. The maximum absolute atomic E-state index is 12.1. The summed E-state index contributed by atoms with van der Waals surface area (Å²) < 4.78 is 5.33. The van der Waals surface area contributed by atoms with E-state index in [0.717, 1.165) is 10.6 Å². The van der Waals surface area contributed by atoms with Crippen LogP contribution in [0, 0.1) is 5.92 Å². The lowest BCUT2D eigenvalue weighted by molar-refractivity contribution is -0.127. The first-order valence-electron chi connectivity index (χ1n) is 7.63. The molecular formula is C17H18N2O3S. The van der Waals surface area contributed by atoms with E-state index in [2.05, 4.69) is 4.98 Å². The van der Waals surface area contributed by atoms with Crippen LogP contribution >= 0.6 is 11.3 Å². The number of hydrogen-bond acceptors (Lipinski definition) is 5. The smallest absolute Gasteiger partial charge is 0.357 e. The van der Waals surface area contributed by atoms with Crippen LogP contribution in [-0.2, 0) is 9.53 Å². The van der Waals surface area contributed by atoms with Crippen molar-refractivity contribution in [3.8, 4) is 10.6 Å². The summed E-state index contributed by atoms with van der Waals surface area (Å²) in [5.74, 6) is -0.210. The third kappa shape index (κ3) is 3.59. The topological polar surface area (TPSA) is 59.5 Å². The fraction of sp³-hybridized carbons (Fsp3) is 0.353. The van der Waals surface area contributed by atoms with E-state index in [1.54, 1.807) is 10.3 Å². The number of amides is 1. The van der Waals surface area contributed by atoms with E-state index in [1.807, 2.05) is 37.3 Å². The third-order valence-corrected chi connectivity index (χ3v) is 4.75. The van der Waals surface area contributed by atoms with Gasteiger partial charge >= 0.3 is 5.97 Å². The molecular weight excluding hydrogens is 312 g/mol. The number of hydrogen-bond donors (Lipinski definition) is 0. The zero-order valence-electron chi connectivity index (χ0n) is 12.9. The Labute approximate surface area is 138 Å². The molecule has 2 aromatic rings. The molecule has 1 aromatic heterocycles. The highest BCUT2D eigenvalue weighted by molar-refractivity contribution is 7.13. The number of nitrogens with zero attached hydrogens (tertiary/aromatic N) is 2. The van der Waals surface area contributed by atoms with Crippen molar-refractivity contribution in [1.82, 2.24) is 9.88 Å². The van der Waals surface area contributed by atoms with Gasteiger partial charge in [-0.05, 0) is 6.92 Å². The van der Waals surface area contributed by atoms with Crippen LogP contribution < -0.4 is 0 Å². The molecule has 23 heavy (non-hydrogen) atoms. The minimum atomic E-state index is -0.425. The van der Waals surface area contributed by atoms with E-state index >= 15 is 0 Å². The van der Waals surface area contributed by atoms with Crippen LogP contribution in [0.25, 0.3) is 10.6 Å². The van der Waals surface area contributed by atoms with Crippen LogP contribution in [0.15, 0.2) is 35.7 Å². The Bertz CT molecular complexity index is 699. The van der Waals surface area contributed by atoms with Crippen LogP contribution in [0.1, 0.15) is 23.8 Å². The van der Waals surface area contributed by atoms with Gasteiger partial charge in [-0.1, -0.05) is 30.3 Å². The number of aromatic nitrogens is 1. The van der Waals surface area contributed by atoms with Gasteiger partial charge in [0, 0.05) is 36.4 Å². The van der Waals surface area contributed by atoms with Crippen molar-refractivity contribution in [3.05, 3.63) is 41.4 Å². The number of carbonyl (C=O) groups excluding carboxylic acids is 2. The Kier molecular flexibility index (Phi) is 4.71. The Morgan fingerprint density at radius 1 is 1.39 bits per heavy atom. The summed E-state index contributed by atoms with van der Waals surface area (Å²) in [4.78, 5) is 29.9. The minimum Gasteiger partial charge on any atom is -0.461 e. The molecule has 3 rings (SSSR count). The van der Waals surface area contributed by atoms with Gasteiger partial charge in [0.1, 0.15) is 5.01 Å². The first-order valence-corrected chi connectivity index (χ1v) is 8.51. The van der Waals surface area contributed by atoms with Gasteiger partial charge in [-0.2, -0.15) is 0 Å². The molecule has 0 saturated carbocycles. The zero-order valence-corrected chi connectivity index (χ0v) is 13.7. The van der Waals surface area contributed by atoms with Crippen molar-refractivity contribution in [1.29, 1.82) is 0 Å². The molecule has 6 heteroatoms. The number of rotatable bonds is 5. The summed E-state index contributed by atoms with van der Waals surface area (Å²) in [6.45, 7) is 3.58. The summed E-state index contributed by atoms with van der Waals surface area (Å²) in [5, 5.41) is 2.51. The fourth-order valence-electron chi connectivity index (χ4n) is 2.62. The zero-order chi connectivity index (χ0) is 16.2. The number of carbonyl (C=O) groups is 2. The normalized spacial score (nSPS) is 17.5. The van der Waals surface area contributed by atoms with Crippen molar-refractivity contribution in [2.75, 3.05) is 19.7 Å². The van der Waals surface area contributed by atoms with E-state index in [-0.39, 0.29) is 18.4 Å². The average Bonchev–Trinajstić information content (AvgIpc) is 3.20. The number of esters is 1. The summed E-state index contributed by atoms with van der Waals surface area (Å²) in [7, 11) is 0. The monoisotopic (exact) mass is 330 g/mol. The first-order chi connectivity index (χ1) is 11.2. The van der Waals surface area contributed by atoms with Gasteiger partial charge in [0.2, 0.25) is 5.91 Å². The number of ether oxygens (including phenoxy) is 1. The van der Waals surface area contributed by atoms with Crippen molar-refractivity contribution < 1.29 is 14.3 Å². The second-order valence-corrected chi connectivity index (χ2v) is 6.36. The molecule has 0 spiro atoms. The molecule has 1 aliphatic rings.